The van der Waals surface area contributed by atoms with Gasteiger partial charge in [0.25, 0.3) is 0 Å². The Labute approximate surface area is 232 Å². The van der Waals surface area contributed by atoms with Crippen LogP contribution in [0.2, 0.25) is 0 Å². The van der Waals surface area contributed by atoms with Crippen LogP contribution in [0.25, 0.3) is 0 Å². The first-order valence-electron chi connectivity index (χ1n) is 13.2. The van der Waals surface area contributed by atoms with Crippen LogP contribution in [0.4, 0.5) is 0 Å². The molecule has 1 amide bonds. The molecule has 37 heavy (non-hydrogen) atoms. The smallest absolute Gasteiger partial charge is 0.243 e. The number of aliphatic hydroxyl groups excluding tert-OH is 1. The number of hydrogen-bond acceptors (Lipinski definition) is 5. The molecule has 10 atom stereocenters. The lowest BCUT2D eigenvalue weighted by atomic mass is 9.83. The number of amides is 1. The van der Waals surface area contributed by atoms with E-state index < -0.39 is 11.7 Å². The number of allylic oxidation sites excluding steroid dienone is 3. The maximum Gasteiger partial charge on any atom is 0.243 e. The Kier molecular flexibility index (Phi) is 13.3. The summed E-state index contributed by atoms with van der Waals surface area (Å²) in [5.41, 5.74) is 0.352. The molecule has 2 N–H and O–H groups in total. The number of carbonyl (C=O) groups is 1. The van der Waals surface area contributed by atoms with Crippen LogP contribution in [0.15, 0.2) is 36.0 Å². The Bertz CT molecular complexity index is 838. The van der Waals surface area contributed by atoms with Crippen LogP contribution in [-0.2, 0) is 19.0 Å². The van der Waals surface area contributed by atoms with Crippen molar-refractivity contribution in [2.45, 2.75) is 109 Å². The van der Waals surface area contributed by atoms with Crippen molar-refractivity contribution >= 4 is 39.7 Å². The van der Waals surface area contributed by atoms with Gasteiger partial charge in [-0.3, -0.25) is 4.79 Å². The van der Waals surface area contributed by atoms with Crippen molar-refractivity contribution in [3.63, 3.8) is 0 Å². The van der Waals surface area contributed by atoms with Crippen molar-refractivity contribution in [1.29, 1.82) is 0 Å². The van der Waals surface area contributed by atoms with Gasteiger partial charge in [0, 0.05) is 6.42 Å². The fourth-order valence-electron chi connectivity index (χ4n) is 4.95. The molecule has 0 aromatic carbocycles. The molecule has 3 fully saturated rings. The van der Waals surface area contributed by atoms with Crippen molar-refractivity contribution in [2.75, 3.05) is 6.61 Å². The topological polar surface area (TPSA) is 80.3 Å². The minimum atomic E-state index is -0.639. The Morgan fingerprint density at radius 2 is 1.84 bits per heavy atom. The van der Waals surface area contributed by atoms with Crippen LogP contribution in [0.3, 0.4) is 0 Å². The zero-order valence-electron chi connectivity index (χ0n) is 23.5. The standard InChI is InChI=1S/C27H43NO5.H6P4/c1-17(2)8-13-24(29)28-21-14-19(4)22(32-20(21)5)11-9-18(3)10-12-23-25(30)27(16-31-27)15-26(6,7)33-23;1-4(2)3/h8-10,12-13,17,19-23,25,30H,11,14-16H2,1-7H3,(H,28,29);1-3H2/b12-10+,13-8-,18-9+;/t19-,20+,21+,22-,23+,25+,27+;/m0./s1. The largest absolute Gasteiger partial charge is 0.387 e. The molecular weight excluding hydrogens is 542 g/mol. The van der Waals surface area contributed by atoms with Crippen molar-refractivity contribution in [3.05, 3.63) is 36.0 Å². The molecule has 0 bridgehead atoms. The summed E-state index contributed by atoms with van der Waals surface area (Å²) in [5, 5.41) is 13.8. The summed E-state index contributed by atoms with van der Waals surface area (Å²) in [7, 11) is 7.94. The highest BCUT2D eigenvalue weighted by molar-refractivity contribution is 8.65. The van der Waals surface area contributed by atoms with E-state index in [1.54, 1.807) is 6.08 Å². The molecule has 212 valence electrons. The van der Waals surface area contributed by atoms with Crippen molar-refractivity contribution < 1.29 is 24.1 Å². The number of aliphatic hydroxyl groups is 1. The molecular formula is C27H49NO5P4. The zero-order chi connectivity index (χ0) is 28.0. The fraction of sp³-hybridized carbons (Fsp3) is 0.741. The van der Waals surface area contributed by atoms with Crippen molar-refractivity contribution in [3.8, 4) is 0 Å². The lowest BCUT2D eigenvalue weighted by Gasteiger charge is -2.41. The van der Waals surface area contributed by atoms with Gasteiger partial charge >= 0.3 is 0 Å². The third-order valence-electron chi connectivity index (χ3n) is 6.94. The number of nitrogens with one attached hydrogen (secondary N) is 1. The van der Waals surface area contributed by atoms with Gasteiger partial charge in [-0.05, 0) is 65.4 Å². The molecule has 0 aromatic heterocycles. The van der Waals surface area contributed by atoms with Crippen LogP contribution >= 0.6 is 33.8 Å². The highest BCUT2D eigenvalue weighted by Crippen LogP contribution is 2.59. The van der Waals surface area contributed by atoms with Crippen LogP contribution in [0.5, 0.6) is 0 Å². The van der Waals surface area contributed by atoms with Gasteiger partial charge in [-0.1, -0.05) is 50.6 Å². The molecule has 0 saturated carbocycles. The molecule has 3 unspecified atom stereocenters. The Balaban J connectivity index is 0.00000112. The molecule has 3 saturated heterocycles. The first-order chi connectivity index (χ1) is 17.1. The van der Waals surface area contributed by atoms with Crippen molar-refractivity contribution in [2.24, 2.45) is 11.8 Å². The van der Waals surface area contributed by atoms with E-state index in [0.717, 1.165) is 18.4 Å². The predicted molar refractivity (Wildman–Crippen MR) is 166 cm³/mol. The zero-order valence-corrected chi connectivity index (χ0v) is 27.9. The molecule has 10 heteroatoms. The van der Waals surface area contributed by atoms with E-state index in [1.807, 2.05) is 39.0 Å². The average molecular weight is 592 g/mol. The first-order valence-corrected chi connectivity index (χ1v) is 19.4. The molecule has 3 rings (SSSR count). The number of rotatable bonds is 7. The third kappa shape index (κ3) is 11.3. The predicted octanol–water partition coefficient (Wildman–Crippen LogP) is 5.93. The first kappa shape index (κ1) is 33.5. The van der Waals surface area contributed by atoms with Crippen molar-refractivity contribution in [1.82, 2.24) is 5.32 Å². The SMILES string of the molecule is CC(/C=C/[C@H]1OC(C)(C)C[C@@]2(CO2)[C@@H]1O)=C\C[C@@H]1O[C@H](C)[C@H](NC(=O)/C=C\C(C)C)C[C@@H]1C.PP(P)P. The molecule has 0 radical (unpaired) electrons. The number of epoxide rings is 1. The molecule has 3 heterocycles. The quantitative estimate of drug-likeness (QED) is 0.166. The van der Waals surface area contributed by atoms with E-state index in [0.29, 0.717) is 24.9 Å². The van der Waals surface area contributed by atoms with E-state index in [1.165, 1.54) is 0 Å². The second-order valence-electron chi connectivity index (χ2n) is 11.6. The molecule has 0 aromatic rings. The summed E-state index contributed by atoms with van der Waals surface area (Å²) in [6, 6.07) is 0.0239. The van der Waals surface area contributed by atoms with E-state index >= 15 is 0 Å². The van der Waals surface area contributed by atoms with E-state index in [9.17, 15) is 9.90 Å². The fourth-order valence-corrected chi connectivity index (χ4v) is 4.95. The lowest BCUT2D eigenvalue weighted by molar-refractivity contribution is -0.171. The normalized spacial score (nSPS) is 35.8. The summed E-state index contributed by atoms with van der Waals surface area (Å²) >= 11 is 0. The van der Waals surface area contributed by atoms with Gasteiger partial charge in [-0.15, -0.1) is 26.8 Å². The van der Waals surface area contributed by atoms with Crippen LogP contribution in [-0.4, -0.2) is 59.3 Å². The molecule has 6 nitrogen and oxygen atoms in total. The Morgan fingerprint density at radius 3 is 2.41 bits per heavy atom. The highest BCUT2D eigenvalue weighted by Gasteiger charge is 2.60. The minimum absolute atomic E-state index is 0.0239. The maximum atomic E-state index is 12.2. The molecule has 1 spiro atoms. The lowest BCUT2D eigenvalue weighted by Crippen LogP contribution is -2.53. The van der Waals surface area contributed by atoms with Crippen LogP contribution < -0.4 is 5.32 Å². The summed E-state index contributed by atoms with van der Waals surface area (Å²) in [4.78, 5) is 12.2. The van der Waals surface area contributed by atoms with Crippen LogP contribution in [0, 0.1) is 11.8 Å². The van der Waals surface area contributed by atoms with Gasteiger partial charge in [0.1, 0.15) is 17.8 Å². The molecule has 0 aliphatic carbocycles. The summed E-state index contributed by atoms with van der Waals surface area (Å²) in [6.45, 7) is 15.2. The second kappa shape index (κ2) is 14.8. The van der Waals surface area contributed by atoms with Gasteiger partial charge in [-0.25, -0.2) is 0 Å². The van der Waals surface area contributed by atoms with E-state index in [4.69, 9.17) is 14.2 Å². The summed E-state index contributed by atoms with van der Waals surface area (Å²) in [6.07, 6.45) is 11.2. The van der Waals surface area contributed by atoms with E-state index in [-0.39, 0.29) is 42.8 Å². The number of carbonyl (C=O) groups excluding carboxylic acids is 1. The average Bonchev–Trinajstić information content (AvgIpc) is 3.54. The minimum Gasteiger partial charge on any atom is -0.387 e. The second-order valence-corrected chi connectivity index (χ2v) is 23.2. The Hall–Kier alpha value is 0.250. The highest BCUT2D eigenvalue weighted by atomic mass is 32.7. The molecule has 3 aliphatic rings. The summed E-state index contributed by atoms with van der Waals surface area (Å²) < 4.78 is 18.0. The van der Waals surface area contributed by atoms with Gasteiger partial charge in [0.15, 0.2) is 0 Å². The Morgan fingerprint density at radius 1 is 1.22 bits per heavy atom. The third-order valence-corrected chi connectivity index (χ3v) is 6.94. The van der Waals surface area contributed by atoms with Gasteiger partial charge in [-0.2, -0.15) is 0 Å². The van der Waals surface area contributed by atoms with Crippen LogP contribution in [0.1, 0.15) is 67.7 Å². The maximum absolute atomic E-state index is 12.2. The van der Waals surface area contributed by atoms with Gasteiger partial charge in [0.05, 0.1) is 30.5 Å². The number of hydrogen-bond donors (Lipinski definition) is 2. The summed E-state index contributed by atoms with van der Waals surface area (Å²) in [5.74, 6) is 0.639. The number of ether oxygens (including phenoxy) is 3. The molecule has 3 aliphatic heterocycles. The monoisotopic (exact) mass is 591 g/mol. The van der Waals surface area contributed by atoms with Gasteiger partial charge < -0.3 is 24.6 Å². The van der Waals surface area contributed by atoms with E-state index in [2.05, 4.69) is 65.9 Å². The van der Waals surface area contributed by atoms with Gasteiger partial charge in [0.2, 0.25) is 5.91 Å².